The Balaban J connectivity index is 2.01. The Morgan fingerprint density at radius 1 is 1.42 bits per heavy atom. The molecule has 2 heterocycles. The largest absolute Gasteiger partial charge is 0.393 e. The second-order valence-electron chi connectivity index (χ2n) is 4.77. The fourth-order valence-electron chi connectivity index (χ4n) is 1.73. The number of hydrogen-bond donors (Lipinski definition) is 4. The van der Waals surface area contributed by atoms with Crippen LogP contribution >= 0.6 is 0 Å². The van der Waals surface area contributed by atoms with Crippen LogP contribution in [0.25, 0.3) is 11.3 Å². The molecule has 0 aliphatic carbocycles. The van der Waals surface area contributed by atoms with Crippen molar-refractivity contribution in [3.8, 4) is 11.3 Å². The second kappa shape index (κ2) is 5.92. The third-order valence-corrected chi connectivity index (χ3v) is 2.83. The molecule has 0 aromatic carbocycles. The molecule has 2 aromatic heterocycles. The van der Waals surface area contributed by atoms with Gasteiger partial charge in [-0.25, -0.2) is 0 Å². The van der Waals surface area contributed by atoms with Gasteiger partial charge in [0.15, 0.2) is 0 Å². The topological polar surface area (TPSA) is 94.1 Å². The first-order valence-corrected chi connectivity index (χ1v) is 6.09. The van der Waals surface area contributed by atoms with Crippen molar-refractivity contribution in [2.24, 2.45) is 0 Å². The maximum atomic E-state index is 9.69. The summed E-state index contributed by atoms with van der Waals surface area (Å²) < 4.78 is 0. The van der Waals surface area contributed by atoms with Crippen molar-refractivity contribution in [2.45, 2.75) is 19.1 Å². The zero-order chi connectivity index (χ0) is 13.7. The van der Waals surface area contributed by atoms with Crippen molar-refractivity contribution in [3.63, 3.8) is 0 Å². The third kappa shape index (κ3) is 3.60. The van der Waals surface area contributed by atoms with Crippen LogP contribution in [0, 0.1) is 0 Å². The van der Waals surface area contributed by atoms with Gasteiger partial charge in [0.05, 0.1) is 24.1 Å². The van der Waals surface area contributed by atoms with Gasteiger partial charge in [0.25, 0.3) is 0 Å². The number of hydrogen-bond acceptors (Lipinski definition) is 5. The number of aliphatic hydroxyl groups is 2. The lowest BCUT2D eigenvalue weighted by Crippen LogP contribution is -2.40. The van der Waals surface area contributed by atoms with Gasteiger partial charge in [-0.3, -0.25) is 10.1 Å². The summed E-state index contributed by atoms with van der Waals surface area (Å²) in [6.07, 6.45) is 5.22. The summed E-state index contributed by atoms with van der Waals surface area (Å²) in [6, 6.07) is 3.82. The Bertz CT molecular complexity index is 510. The van der Waals surface area contributed by atoms with E-state index in [0.717, 1.165) is 16.8 Å². The summed E-state index contributed by atoms with van der Waals surface area (Å²) in [6.45, 7) is 2.16. The predicted molar refractivity (Wildman–Crippen MR) is 71.2 cm³/mol. The zero-order valence-electron chi connectivity index (χ0n) is 10.8. The van der Waals surface area contributed by atoms with E-state index in [1.807, 2.05) is 12.1 Å². The van der Waals surface area contributed by atoms with Gasteiger partial charge in [0, 0.05) is 36.6 Å². The van der Waals surface area contributed by atoms with Crippen molar-refractivity contribution in [1.29, 1.82) is 0 Å². The minimum atomic E-state index is -1.11. The maximum absolute atomic E-state index is 9.69. The number of nitrogens with one attached hydrogen (secondary N) is 2. The van der Waals surface area contributed by atoms with Crippen LogP contribution in [-0.4, -0.2) is 44.1 Å². The molecule has 1 atom stereocenters. The number of pyridine rings is 1. The molecule has 0 spiro atoms. The standard InChI is InChI=1S/C13H18N4O2/c1-13(19,9-18)8-15-6-11-7-16-17-12(11)10-3-2-4-14-5-10/h2-5,7,15,18-19H,6,8-9H2,1H3,(H,16,17). The van der Waals surface area contributed by atoms with E-state index in [-0.39, 0.29) is 6.61 Å². The summed E-state index contributed by atoms with van der Waals surface area (Å²) in [5, 5.41) is 28.7. The first-order valence-electron chi connectivity index (χ1n) is 6.09. The Morgan fingerprint density at radius 2 is 2.26 bits per heavy atom. The van der Waals surface area contributed by atoms with Crippen LogP contribution in [0.2, 0.25) is 0 Å². The Kier molecular flexibility index (Phi) is 4.26. The van der Waals surface area contributed by atoms with E-state index >= 15 is 0 Å². The summed E-state index contributed by atoms with van der Waals surface area (Å²) in [7, 11) is 0. The SMILES string of the molecule is CC(O)(CO)CNCc1cn[nH]c1-c1cccnc1. The van der Waals surface area contributed by atoms with Crippen LogP contribution < -0.4 is 5.32 Å². The number of rotatable bonds is 6. The van der Waals surface area contributed by atoms with Gasteiger partial charge >= 0.3 is 0 Å². The van der Waals surface area contributed by atoms with Crippen molar-refractivity contribution in [3.05, 3.63) is 36.3 Å². The molecular formula is C13H18N4O2. The molecule has 0 aliphatic rings. The zero-order valence-corrected chi connectivity index (χ0v) is 10.8. The molecule has 6 nitrogen and oxygen atoms in total. The Hall–Kier alpha value is -1.76. The smallest absolute Gasteiger partial charge is 0.0972 e. The van der Waals surface area contributed by atoms with E-state index < -0.39 is 5.60 Å². The average Bonchev–Trinajstić information content (AvgIpc) is 2.88. The summed E-state index contributed by atoms with van der Waals surface area (Å²) in [5.74, 6) is 0. The van der Waals surface area contributed by atoms with E-state index in [1.165, 1.54) is 0 Å². The van der Waals surface area contributed by atoms with E-state index in [4.69, 9.17) is 5.11 Å². The quantitative estimate of drug-likeness (QED) is 0.601. The van der Waals surface area contributed by atoms with Crippen LogP contribution in [0.15, 0.2) is 30.7 Å². The Morgan fingerprint density at radius 3 is 2.95 bits per heavy atom. The molecule has 4 N–H and O–H groups in total. The molecule has 0 saturated carbocycles. The molecule has 2 aromatic rings. The lowest BCUT2D eigenvalue weighted by atomic mass is 10.1. The van der Waals surface area contributed by atoms with Crippen molar-refractivity contribution < 1.29 is 10.2 Å². The highest BCUT2D eigenvalue weighted by Gasteiger charge is 2.18. The summed E-state index contributed by atoms with van der Waals surface area (Å²) in [5.41, 5.74) is 1.75. The first-order chi connectivity index (χ1) is 9.12. The van der Waals surface area contributed by atoms with Gasteiger partial charge in [-0.2, -0.15) is 5.10 Å². The summed E-state index contributed by atoms with van der Waals surface area (Å²) in [4.78, 5) is 4.07. The van der Waals surface area contributed by atoms with E-state index in [2.05, 4.69) is 20.5 Å². The van der Waals surface area contributed by atoms with E-state index in [1.54, 1.807) is 25.5 Å². The number of nitrogens with zero attached hydrogens (tertiary/aromatic N) is 2. The fraction of sp³-hybridized carbons (Fsp3) is 0.385. The molecule has 2 rings (SSSR count). The van der Waals surface area contributed by atoms with Crippen LogP contribution in [0.1, 0.15) is 12.5 Å². The van der Waals surface area contributed by atoms with Crippen LogP contribution in [0.5, 0.6) is 0 Å². The lowest BCUT2D eigenvalue weighted by molar-refractivity contribution is 0.00254. The van der Waals surface area contributed by atoms with Gasteiger partial charge in [-0.05, 0) is 19.1 Å². The second-order valence-corrected chi connectivity index (χ2v) is 4.77. The van der Waals surface area contributed by atoms with Gasteiger partial charge in [-0.15, -0.1) is 0 Å². The molecule has 6 heteroatoms. The van der Waals surface area contributed by atoms with Crippen molar-refractivity contribution in [1.82, 2.24) is 20.5 Å². The summed E-state index contributed by atoms with van der Waals surface area (Å²) >= 11 is 0. The highest BCUT2D eigenvalue weighted by Crippen LogP contribution is 2.19. The van der Waals surface area contributed by atoms with Gasteiger partial charge < -0.3 is 15.5 Å². The van der Waals surface area contributed by atoms with Crippen molar-refractivity contribution in [2.75, 3.05) is 13.2 Å². The van der Waals surface area contributed by atoms with Gasteiger partial charge in [0.1, 0.15) is 0 Å². The van der Waals surface area contributed by atoms with Crippen LogP contribution in [0.4, 0.5) is 0 Å². The molecule has 0 fully saturated rings. The van der Waals surface area contributed by atoms with Crippen molar-refractivity contribution >= 4 is 0 Å². The molecule has 0 saturated heterocycles. The Labute approximate surface area is 111 Å². The highest BCUT2D eigenvalue weighted by atomic mass is 16.3. The van der Waals surface area contributed by atoms with E-state index in [9.17, 15) is 5.11 Å². The van der Waals surface area contributed by atoms with Crippen LogP contribution in [0.3, 0.4) is 0 Å². The molecule has 1 unspecified atom stereocenters. The number of aliphatic hydroxyl groups excluding tert-OH is 1. The fourth-order valence-corrected chi connectivity index (χ4v) is 1.73. The van der Waals surface area contributed by atoms with Gasteiger partial charge in [-0.1, -0.05) is 0 Å². The molecule has 102 valence electrons. The average molecular weight is 262 g/mol. The minimum Gasteiger partial charge on any atom is -0.393 e. The maximum Gasteiger partial charge on any atom is 0.0972 e. The molecule has 0 amide bonds. The minimum absolute atomic E-state index is 0.277. The molecular weight excluding hydrogens is 244 g/mol. The molecule has 19 heavy (non-hydrogen) atoms. The lowest BCUT2D eigenvalue weighted by Gasteiger charge is -2.20. The molecule has 0 radical (unpaired) electrons. The first kappa shape index (κ1) is 13.7. The number of aromatic amines is 1. The molecule has 0 aliphatic heterocycles. The third-order valence-electron chi connectivity index (χ3n) is 2.83. The van der Waals surface area contributed by atoms with Gasteiger partial charge in [0.2, 0.25) is 0 Å². The number of aromatic nitrogens is 3. The van der Waals surface area contributed by atoms with E-state index in [0.29, 0.717) is 13.1 Å². The normalized spacial score (nSPS) is 14.3. The monoisotopic (exact) mass is 262 g/mol. The van der Waals surface area contributed by atoms with Crippen LogP contribution in [-0.2, 0) is 6.54 Å². The number of H-pyrrole nitrogens is 1. The predicted octanol–water partition coefficient (Wildman–Crippen LogP) is 0.305. The molecule has 0 bridgehead atoms. The highest BCUT2D eigenvalue weighted by molar-refractivity contribution is 5.61.